The van der Waals surface area contributed by atoms with Crippen molar-refractivity contribution in [2.75, 3.05) is 37.6 Å². The average Bonchev–Trinajstić information content (AvgIpc) is 3.30. The van der Waals surface area contributed by atoms with Crippen LogP contribution in [0.1, 0.15) is 22.0 Å². The maximum atomic E-state index is 12.8. The predicted octanol–water partition coefficient (Wildman–Crippen LogP) is 3.48. The quantitative estimate of drug-likeness (QED) is 0.681. The van der Waals surface area contributed by atoms with Crippen LogP contribution in [0, 0.1) is 6.92 Å². The molecule has 4 rings (SSSR count). The molecule has 1 atom stereocenters. The highest BCUT2D eigenvalue weighted by Gasteiger charge is 2.23. The van der Waals surface area contributed by atoms with Gasteiger partial charge in [-0.25, -0.2) is 4.98 Å². The van der Waals surface area contributed by atoms with Crippen LogP contribution in [0.2, 0.25) is 0 Å². The van der Waals surface area contributed by atoms with E-state index in [2.05, 4.69) is 63.9 Å². The van der Waals surface area contributed by atoms with Gasteiger partial charge in [-0.05, 0) is 36.1 Å². The van der Waals surface area contributed by atoms with E-state index in [1.54, 1.807) is 11.3 Å². The highest BCUT2D eigenvalue weighted by atomic mass is 32.1. The summed E-state index contributed by atoms with van der Waals surface area (Å²) in [6.07, 6.45) is 1.81. The third-order valence-electron chi connectivity index (χ3n) is 5.30. The normalized spacial score (nSPS) is 15.3. The second-order valence-electron chi connectivity index (χ2n) is 7.30. The van der Waals surface area contributed by atoms with Gasteiger partial charge in [-0.2, -0.15) is 0 Å². The van der Waals surface area contributed by atoms with Crippen LogP contribution in [0.5, 0.6) is 0 Å². The Kier molecular flexibility index (Phi) is 6.22. The maximum Gasteiger partial charge on any atom is 0.236 e. The molecule has 0 spiro atoms. The van der Waals surface area contributed by atoms with Crippen molar-refractivity contribution in [2.24, 2.45) is 0 Å². The highest BCUT2D eigenvalue weighted by molar-refractivity contribution is 7.10. The molecule has 1 saturated heterocycles. The van der Waals surface area contributed by atoms with E-state index >= 15 is 0 Å². The number of carbonyl (C=O) groups is 1. The number of amides is 1. The lowest BCUT2D eigenvalue weighted by Gasteiger charge is -2.35. The first kappa shape index (κ1) is 19.6. The largest absolute Gasteiger partial charge is 0.353 e. The molecule has 0 saturated carbocycles. The van der Waals surface area contributed by atoms with E-state index in [1.165, 1.54) is 16.0 Å². The fraction of sp³-hybridized carbons (Fsp3) is 0.304. The minimum Gasteiger partial charge on any atom is -0.353 e. The number of nitrogens with zero attached hydrogens (tertiary/aromatic N) is 3. The first-order valence-corrected chi connectivity index (χ1v) is 10.9. The van der Waals surface area contributed by atoms with Crippen LogP contribution in [0.4, 0.5) is 5.82 Å². The minimum absolute atomic E-state index is 0.0364. The number of hydrogen-bond donors (Lipinski definition) is 1. The molecule has 1 fully saturated rings. The number of hydrogen-bond acceptors (Lipinski definition) is 5. The van der Waals surface area contributed by atoms with E-state index in [-0.39, 0.29) is 11.9 Å². The lowest BCUT2D eigenvalue weighted by atomic mass is 10.0. The van der Waals surface area contributed by atoms with E-state index in [1.807, 2.05) is 29.3 Å². The van der Waals surface area contributed by atoms with Crippen molar-refractivity contribution < 1.29 is 4.79 Å². The molecule has 3 heterocycles. The number of carbonyl (C=O) groups excluding carboxylic acids is 1. The van der Waals surface area contributed by atoms with Gasteiger partial charge in [0.05, 0.1) is 12.6 Å². The second kappa shape index (κ2) is 9.20. The van der Waals surface area contributed by atoms with E-state index in [4.69, 9.17) is 0 Å². The number of rotatable bonds is 6. The molecule has 5 nitrogen and oxygen atoms in total. The predicted molar refractivity (Wildman–Crippen MR) is 118 cm³/mol. The molecule has 3 aromatic rings. The first-order valence-electron chi connectivity index (χ1n) is 9.98. The molecule has 2 aromatic heterocycles. The molecule has 1 N–H and O–H groups in total. The Morgan fingerprint density at radius 3 is 2.52 bits per heavy atom. The molecule has 0 aliphatic carbocycles. The number of pyridine rings is 1. The molecule has 1 aliphatic heterocycles. The Hall–Kier alpha value is -2.70. The summed E-state index contributed by atoms with van der Waals surface area (Å²) in [7, 11) is 0. The second-order valence-corrected chi connectivity index (χ2v) is 8.28. The van der Waals surface area contributed by atoms with E-state index < -0.39 is 0 Å². The standard InChI is InChI=1S/C23H26N4OS/c1-18-7-9-19(10-8-18)23(20-5-4-16-29-20)25-17-22(28)27-14-12-26(13-15-27)21-6-2-3-11-24-21/h2-11,16,23,25H,12-15,17H2,1H3. The maximum absolute atomic E-state index is 12.8. The summed E-state index contributed by atoms with van der Waals surface area (Å²) in [4.78, 5) is 22.7. The molecule has 1 amide bonds. The van der Waals surface area contributed by atoms with Crippen molar-refractivity contribution in [2.45, 2.75) is 13.0 Å². The zero-order valence-electron chi connectivity index (χ0n) is 16.6. The summed E-state index contributed by atoms with van der Waals surface area (Å²) in [6.45, 7) is 5.51. The van der Waals surface area contributed by atoms with E-state index in [0.717, 1.165) is 32.0 Å². The third-order valence-corrected chi connectivity index (χ3v) is 6.24. The fourth-order valence-corrected chi connectivity index (χ4v) is 4.45. The molecule has 1 unspecified atom stereocenters. The molecule has 150 valence electrons. The van der Waals surface area contributed by atoms with Gasteiger partial charge in [0.1, 0.15) is 5.82 Å². The number of nitrogens with one attached hydrogen (secondary N) is 1. The Bertz CT molecular complexity index is 904. The number of piperazine rings is 1. The van der Waals surface area contributed by atoms with Gasteiger partial charge in [-0.3, -0.25) is 10.1 Å². The first-order chi connectivity index (χ1) is 14.2. The zero-order chi connectivity index (χ0) is 20.1. The minimum atomic E-state index is 0.0364. The number of benzene rings is 1. The number of anilines is 1. The Balaban J connectivity index is 1.36. The van der Waals surface area contributed by atoms with Crippen LogP contribution < -0.4 is 10.2 Å². The number of aryl methyl sites for hydroxylation is 1. The molecular weight excluding hydrogens is 380 g/mol. The molecular formula is C23H26N4OS. The van der Waals surface area contributed by atoms with Crippen LogP contribution in [0.3, 0.4) is 0 Å². The van der Waals surface area contributed by atoms with Crippen LogP contribution in [-0.2, 0) is 4.79 Å². The van der Waals surface area contributed by atoms with Crippen molar-refractivity contribution in [1.29, 1.82) is 0 Å². The highest BCUT2D eigenvalue weighted by Crippen LogP contribution is 2.26. The zero-order valence-corrected chi connectivity index (χ0v) is 17.4. The fourth-order valence-electron chi connectivity index (χ4n) is 3.62. The van der Waals surface area contributed by atoms with Crippen molar-refractivity contribution in [3.63, 3.8) is 0 Å². The molecule has 6 heteroatoms. The monoisotopic (exact) mass is 406 g/mol. The van der Waals surface area contributed by atoms with Gasteiger partial charge in [0.15, 0.2) is 0 Å². The van der Waals surface area contributed by atoms with Gasteiger partial charge in [0, 0.05) is 37.3 Å². The Labute approximate surface area is 176 Å². The lowest BCUT2D eigenvalue weighted by molar-refractivity contribution is -0.130. The van der Waals surface area contributed by atoms with E-state index in [9.17, 15) is 4.79 Å². The molecule has 1 aromatic carbocycles. The van der Waals surface area contributed by atoms with Gasteiger partial charge in [0.25, 0.3) is 0 Å². The summed E-state index contributed by atoms with van der Waals surface area (Å²) < 4.78 is 0. The molecule has 29 heavy (non-hydrogen) atoms. The van der Waals surface area contributed by atoms with Crippen LogP contribution in [0.15, 0.2) is 66.2 Å². The number of thiophene rings is 1. The van der Waals surface area contributed by atoms with Gasteiger partial charge < -0.3 is 9.80 Å². The summed E-state index contributed by atoms with van der Waals surface area (Å²) in [5, 5.41) is 5.57. The van der Waals surface area contributed by atoms with E-state index in [0.29, 0.717) is 6.54 Å². The molecule has 0 radical (unpaired) electrons. The molecule has 0 bridgehead atoms. The smallest absolute Gasteiger partial charge is 0.236 e. The van der Waals surface area contributed by atoms with Gasteiger partial charge in [-0.1, -0.05) is 42.0 Å². The SMILES string of the molecule is Cc1ccc(C(NCC(=O)N2CCN(c3ccccn3)CC2)c2cccs2)cc1. The summed E-state index contributed by atoms with van der Waals surface area (Å²) in [6, 6.07) is 18.7. The van der Waals surface area contributed by atoms with Crippen molar-refractivity contribution in [3.8, 4) is 0 Å². The van der Waals surface area contributed by atoms with Gasteiger partial charge in [-0.15, -0.1) is 11.3 Å². The van der Waals surface area contributed by atoms with Gasteiger partial charge >= 0.3 is 0 Å². The van der Waals surface area contributed by atoms with Crippen LogP contribution >= 0.6 is 11.3 Å². The average molecular weight is 407 g/mol. The van der Waals surface area contributed by atoms with Crippen molar-refractivity contribution in [3.05, 3.63) is 82.2 Å². The van der Waals surface area contributed by atoms with Crippen LogP contribution in [0.25, 0.3) is 0 Å². The topological polar surface area (TPSA) is 48.5 Å². The summed E-state index contributed by atoms with van der Waals surface area (Å²) in [5.41, 5.74) is 2.42. The van der Waals surface area contributed by atoms with Crippen LogP contribution in [-0.4, -0.2) is 48.5 Å². The summed E-state index contributed by atoms with van der Waals surface area (Å²) in [5.74, 6) is 1.13. The Morgan fingerprint density at radius 1 is 1.07 bits per heavy atom. The lowest BCUT2D eigenvalue weighted by Crippen LogP contribution is -2.51. The van der Waals surface area contributed by atoms with Gasteiger partial charge in [0.2, 0.25) is 5.91 Å². The van der Waals surface area contributed by atoms with Crippen molar-refractivity contribution >= 4 is 23.1 Å². The third kappa shape index (κ3) is 4.83. The Morgan fingerprint density at radius 2 is 1.86 bits per heavy atom. The van der Waals surface area contributed by atoms with Crippen molar-refractivity contribution in [1.82, 2.24) is 15.2 Å². The summed E-state index contributed by atoms with van der Waals surface area (Å²) >= 11 is 1.71. The number of aromatic nitrogens is 1. The molecule has 1 aliphatic rings.